The van der Waals surface area contributed by atoms with Gasteiger partial charge in [0.15, 0.2) is 17.5 Å². The first-order valence-electron chi connectivity index (χ1n) is 24.8. The molecule has 5 aliphatic heterocycles. The molecule has 0 saturated carbocycles. The number of aliphatic hydroxyl groups excluding tert-OH is 2. The van der Waals surface area contributed by atoms with Gasteiger partial charge in [0, 0.05) is 22.8 Å². The molecule has 0 fully saturated rings. The van der Waals surface area contributed by atoms with E-state index >= 15 is 4.79 Å². The Morgan fingerprint density at radius 1 is 0.671 bits per heavy atom. The number of nitrogens with two attached hydrogens (primary N) is 1. The van der Waals surface area contributed by atoms with Crippen LogP contribution in [0.4, 0.5) is 0 Å². The van der Waals surface area contributed by atoms with Crippen LogP contribution in [-0.2, 0) is 43.1 Å². The fourth-order valence-electron chi connectivity index (χ4n) is 9.14. The summed E-state index contributed by atoms with van der Waals surface area (Å²) in [6.45, 7) is 4.97. The lowest BCUT2D eigenvalue weighted by molar-refractivity contribution is -0.143. The van der Waals surface area contributed by atoms with Gasteiger partial charge in [-0.25, -0.2) is 4.79 Å². The van der Waals surface area contributed by atoms with Crippen molar-refractivity contribution in [3.63, 3.8) is 0 Å². The van der Waals surface area contributed by atoms with Crippen molar-refractivity contribution in [3.05, 3.63) is 117 Å². The summed E-state index contributed by atoms with van der Waals surface area (Å²) in [5.74, 6) is -15.2. The number of aromatic hydroxyl groups is 4. The van der Waals surface area contributed by atoms with E-state index in [0.29, 0.717) is 0 Å². The molecule has 5 aromatic rings. The predicted octanol–water partition coefficient (Wildman–Crippen LogP) is 2.16. The number of rotatable bonds is 8. The summed E-state index contributed by atoms with van der Waals surface area (Å²) in [4.78, 5) is 114. The number of hydrogen-bond acceptors (Lipinski definition) is 18. The standard InChI is InChI=1S/C54H54Cl2N8O18/c1-54(2,3)80-19-30(58-4)48(73)63-42-44(69)21-6-9-33(27(55)12-21)81-35-14-23-15-36(46(35)71)82-34-10-7-22(13-28(34)56)45(70)43-52(77)62-41(53(78)79)26-16-24(65)17-32(67)38(26)25-11-20(5-8-31(25)66)39(49(74)64-43)61-50(75)40(23)60-47(72)29(18-37(57)68)59-51(42)76/h5-17,29-30,39-45,58,65-67,69-71H,18-19H2,1-4H3,(H2,57,68)(H,59,76)(H,60,72)(H,61,75)(H,62,77)(H,63,73)(H,64,74)(H,78,79)/t29-,30+,39+,40+,41-,42+,43-,44+,45+/m0/s1. The number of primary amides is 1. The molecule has 0 saturated heterocycles. The minimum absolute atomic E-state index is 0.101. The average Bonchev–Trinajstić information content (AvgIpc) is 3.23. The number of nitrogens with one attached hydrogen (secondary N) is 7. The van der Waals surface area contributed by atoms with Crippen LogP contribution in [0.15, 0.2) is 78.9 Å². The van der Waals surface area contributed by atoms with Crippen LogP contribution in [0.5, 0.6) is 46.0 Å². The number of carboxylic acids is 1. The molecule has 26 nitrogen and oxygen atoms in total. The van der Waals surface area contributed by atoms with E-state index in [-0.39, 0.29) is 50.4 Å². The molecule has 432 valence electrons. The summed E-state index contributed by atoms with van der Waals surface area (Å²) in [6, 6.07) is 0.108. The van der Waals surface area contributed by atoms with Crippen LogP contribution >= 0.6 is 23.2 Å². The molecule has 16 N–H and O–H groups in total. The molecule has 5 aromatic carbocycles. The summed E-state index contributed by atoms with van der Waals surface area (Å²) < 4.78 is 18.0. The molecule has 0 spiro atoms. The van der Waals surface area contributed by atoms with Gasteiger partial charge < -0.3 is 92.9 Å². The van der Waals surface area contributed by atoms with Crippen molar-refractivity contribution < 1.29 is 88.3 Å². The van der Waals surface area contributed by atoms with E-state index in [2.05, 4.69) is 37.2 Å². The van der Waals surface area contributed by atoms with Crippen LogP contribution in [0, 0.1) is 0 Å². The van der Waals surface area contributed by atoms with E-state index in [1.165, 1.54) is 25.2 Å². The normalized spacial score (nSPS) is 22.3. The largest absolute Gasteiger partial charge is 0.508 e. The lowest BCUT2D eigenvalue weighted by atomic mass is 9.89. The van der Waals surface area contributed by atoms with Gasteiger partial charge in [-0.15, -0.1) is 0 Å². The Labute approximate surface area is 474 Å². The summed E-state index contributed by atoms with van der Waals surface area (Å²) in [5.41, 5.74) is 2.52. The number of hydrogen-bond donors (Lipinski definition) is 15. The van der Waals surface area contributed by atoms with Crippen molar-refractivity contribution in [2.75, 3.05) is 13.7 Å². The van der Waals surface area contributed by atoms with Gasteiger partial charge in [0.25, 0.3) is 0 Å². The Balaban J connectivity index is 1.34. The second kappa shape index (κ2) is 23.7. The van der Waals surface area contributed by atoms with Gasteiger partial charge in [-0.05, 0) is 105 Å². The summed E-state index contributed by atoms with van der Waals surface area (Å²) in [7, 11) is 1.43. The van der Waals surface area contributed by atoms with Crippen molar-refractivity contribution in [2.24, 2.45) is 5.73 Å². The third-order valence-corrected chi connectivity index (χ3v) is 13.9. The number of halogens is 2. The van der Waals surface area contributed by atoms with Gasteiger partial charge in [-0.2, -0.15) is 0 Å². The molecular formula is C54H54Cl2N8O18. The zero-order valence-corrected chi connectivity index (χ0v) is 45.1. The van der Waals surface area contributed by atoms with Crippen LogP contribution < -0.4 is 52.4 Å². The maximum Gasteiger partial charge on any atom is 0.330 e. The number of carbonyl (C=O) groups is 8. The van der Waals surface area contributed by atoms with E-state index in [1.54, 1.807) is 20.8 Å². The average molecular weight is 1170 g/mol. The molecule has 11 bridgehead atoms. The van der Waals surface area contributed by atoms with Gasteiger partial charge in [-0.3, -0.25) is 33.6 Å². The third-order valence-electron chi connectivity index (χ3n) is 13.3. The second-order valence-electron chi connectivity index (χ2n) is 20.2. The second-order valence-corrected chi connectivity index (χ2v) is 21.0. The predicted molar refractivity (Wildman–Crippen MR) is 286 cm³/mol. The van der Waals surface area contributed by atoms with Crippen LogP contribution in [-0.4, -0.2) is 126 Å². The van der Waals surface area contributed by atoms with Crippen LogP contribution in [0.2, 0.25) is 10.0 Å². The number of ether oxygens (including phenoxy) is 3. The molecule has 5 aliphatic rings. The van der Waals surface area contributed by atoms with Gasteiger partial charge in [0.1, 0.15) is 77.2 Å². The maximum absolute atomic E-state index is 15.4. The number of carbonyl (C=O) groups excluding carboxylic acids is 7. The number of amides is 7. The zero-order chi connectivity index (χ0) is 59.8. The van der Waals surface area contributed by atoms with E-state index in [4.69, 9.17) is 43.1 Å². The summed E-state index contributed by atoms with van der Waals surface area (Å²) >= 11 is 13.5. The van der Waals surface area contributed by atoms with Gasteiger partial charge in [-0.1, -0.05) is 41.4 Å². The molecule has 10 rings (SSSR count). The molecule has 28 heteroatoms. The first-order chi connectivity index (χ1) is 38.6. The monoisotopic (exact) mass is 1170 g/mol. The molecule has 0 unspecified atom stereocenters. The highest BCUT2D eigenvalue weighted by molar-refractivity contribution is 6.32. The highest BCUT2D eigenvalue weighted by Crippen LogP contribution is 2.47. The fourth-order valence-corrected chi connectivity index (χ4v) is 9.59. The molecule has 5 heterocycles. The highest BCUT2D eigenvalue weighted by Gasteiger charge is 2.42. The van der Waals surface area contributed by atoms with E-state index in [1.807, 2.05) is 0 Å². The number of benzene rings is 5. The van der Waals surface area contributed by atoms with Gasteiger partial charge in [0.2, 0.25) is 47.1 Å². The topological polar surface area (TPSA) is 416 Å². The zero-order valence-electron chi connectivity index (χ0n) is 43.6. The molecule has 0 radical (unpaired) electrons. The van der Waals surface area contributed by atoms with Crippen molar-refractivity contribution in [1.82, 2.24) is 37.2 Å². The number of likely N-dealkylation sites (N-methyl/N-ethyl adjacent to an activating group) is 1. The minimum atomic E-state index is -2.19. The van der Waals surface area contributed by atoms with Crippen molar-refractivity contribution >= 4 is 70.5 Å². The molecule has 0 aromatic heterocycles. The van der Waals surface area contributed by atoms with Gasteiger partial charge in [0.05, 0.1) is 28.7 Å². The number of aliphatic hydroxyl groups is 2. The molecule has 82 heavy (non-hydrogen) atoms. The van der Waals surface area contributed by atoms with E-state index < -0.39 is 165 Å². The molecule has 0 aliphatic carbocycles. The Bertz CT molecular complexity index is 3450. The minimum Gasteiger partial charge on any atom is -0.508 e. The lowest BCUT2D eigenvalue weighted by Gasteiger charge is -2.31. The van der Waals surface area contributed by atoms with E-state index in [9.17, 15) is 69.3 Å². The lowest BCUT2D eigenvalue weighted by Crippen LogP contribution is -2.59. The number of fused-ring (bicyclic) bond motifs is 15. The number of phenolic OH excluding ortho intramolecular Hbond substituents is 4. The van der Waals surface area contributed by atoms with Crippen LogP contribution in [0.3, 0.4) is 0 Å². The van der Waals surface area contributed by atoms with Crippen molar-refractivity contribution in [1.29, 1.82) is 0 Å². The molecular weight excluding hydrogens is 1120 g/mol. The smallest absolute Gasteiger partial charge is 0.330 e. The Morgan fingerprint density at radius 3 is 1.82 bits per heavy atom. The third kappa shape index (κ3) is 12.7. The number of phenols is 4. The number of aliphatic carboxylic acids is 1. The van der Waals surface area contributed by atoms with Crippen LogP contribution in [0.25, 0.3) is 11.1 Å². The molecule has 9 atom stereocenters. The first kappa shape index (κ1) is 59.2. The summed E-state index contributed by atoms with van der Waals surface area (Å²) in [6.07, 6.45) is -5.11. The first-order valence-corrected chi connectivity index (χ1v) is 25.6. The highest BCUT2D eigenvalue weighted by atomic mass is 35.5. The van der Waals surface area contributed by atoms with Crippen molar-refractivity contribution in [2.45, 2.75) is 87.3 Å². The van der Waals surface area contributed by atoms with Crippen molar-refractivity contribution in [3.8, 4) is 57.1 Å². The Morgan fingerprint density at radius 2 is 1.24 bits per heavy atom. The SMILES string of the molecule is CN[C@H](COC(C)(C)C)C(=O)N[C@H]1C(=O)N[C@@H](CC(N)=O)C(=O)N[C@H]2C(=O)N[C@H]3C(=O)N[C@H](C(=O)N[C@H](C(=O)O)c4cc(O)cc(O)c4-c4cc3ccc4O)[C@H](O)c3ccc(c(Cl)c3)Oc3cc2cc(c3O)Oc2ccc(cc2Cl)[C@H]1O. The maximum atomic E-state index is 15.4. The molecule has 7 amide bonds. The van der Waals surface area contributed by atoms with Gasteiger partial charge >= 0.3 is 5.97 Å². The Kier molecular flexibility index (Phi) is 17.1. The van der Waals surface area contributed by atoms with E-state index in [0.717, 1.165) is 60.7 Å². The summed E-state index contributed by atoms with van der Waals surface area (Å²) in [5, 5.41) is 96.0. The quantitative estimate of drug-likeness (QED) is 0.106. The fraction of sp³-hybridized carbons (Fsp3) is 0.296. The Hall–Kier alpha value is -8.92. The number of carboxylic acid groups (broad SMARTS) is 1. The van der Waals surface area contributed by atoms with Crippen LogP contribution in [0.1, 0.15) is 85.3 Å².